The Labute approximate surface area is 108 Å². The Morgan fingerprint density at radius 2 is 2.41 bits per heavy atom. The maximum absolute atomic E-state index is 4.98. The minimum Gasteiger partial charge on any atom is -0.383 e. The highest BCUT2D eigenvalue weighted by molar-refractivity contribution is 7.98. The normalized spacial score (nSPS) is 12.9. The molecule has 0 amide bonds. The summed E-state index contributed by atoms with van der Waals surface area (Å²) in [6, 6.07) is 0.530. The van der Waals surface area contributed by atoms with Crippen molar-refractivity contribution in [3.05, 3.63) is 18.2 Å². The average Bonchev–Trinajstić information content (AvgIpc) is 2.80. The molecule has 4 nitrogen and oxygen atoms in total. The van der Waals surface area contributed by atoms with Crippen LogP contribution < -0.4 is 5.32 Å². The van der Waals surface area contributed by atoms with E-state index >= 15 is 0 Å². The molecule has 1 rings (SSSR count). The topological polar surface area (TPSA) is 39.1 Å². The Morgan fingerprint density at radius 3 is 3.12 bits per heavy atom. The molecule has 98 valence electrons. The molecule has 0 aliphatic carbocycles. The molecule has 0 spiro atoms. The summed E-state index contributed by atoms with van der Waals surface area (Å²) in [6.45, 7) is 4.65. The van der Waals surface area contributed by atoms with E-state index < -0.39 is 0 Å². The summed E-state index contributed by atoms with van der Waals surface area (Å²) in [7, 11) is 1.71. The highest BCUT2D eigenvalue weighted by Crippen LogP contribution is 2.13. The average molecular weight is 257 g/mol. The van der Waals surface area contributed by atoms with Crippen LogP contribution in [0.25, 0.3) is 0 Å². The number of methoxy groups -OCH3 is 1. The molecule has 0 aliphatic heterocycles. The Balaban J connectivity index is 2.31. The SMILES string of the molecule is COCCNCc1cn(C(C)CCSC)cn1. The lowest BCUT2D eigenvalue weighted by Gasteiger charge is -2.11. The maximum Gasteiger partial charge on any atom is 0.0952 e. The first-order valence-corrected chi connectivity index (χ1v) is 7.38. The second-order valence-corrected chi connectivity index (χ2v) is 5.10. The molecule has 0 saturated carbocycles. The van der Waals surface area contributed by atoms with Crippen LogP contribution in [0.15, 0.2) is 12.5 Å². The molecular formula is C12H23N3OS. The molecule has 1 aromatic heterocycles. The van der Waals surface area contributed by atoms with Gasteiger partial charge in [-0.3, -0.25) is 0 Å². The molecule has 0 fully saturated rings. The quantitative estimate of drug-likeness (QED) is 0.686. The molecule has 17 heavy (non-hydrogen) atoms. The molecular weight excluding hydrogens is 234 g/mol. The Morgan fingerprint density at radius 1 is 1.59 bits per heavy atom. The minimum absolute atomic E-state index is 0.530. The van der Waals surface area contributed by atoms with Crippen molar-refractivity contribution in [3.8, 4) is 0 Å². The number of aromatic nitrogens is 2. The molecule has 0 bridgehead atoms. The van der Waals surface area contributed by atoms with E-state index in [9.17, 15) is 0 Å². The lowest BCUT2D eigenvalue weighted by Crippen LogP contribution is -2.18. The molecule has 1 N–H and O–H groups in total. The van der Waals surface area contributed by atoms with Gasteiger partial charge in [-0.2, -0.15) is 11.8 Å². The molecule has 0 radical (unpaired) electrons. The fourth-order valence-electron chi connectivity index (χ4n) is 1.54. The van der Waals surface area contributed by atoms with Crippen LogP contribution in [0.2, 0.25) is 0 Å². The van der Waals surface area contributed by atoms with Gasteiger partial charge in [0.25, 0.3) is 0 Å². The summed E-state index contributed by atoms with van der Waals surface area (Å²) in [4.78, 5) is 4.40. The zero-order valence-electron chi connectivity index (χ0n) is 11.0. The highest BCUT2D eigenvalue weighted by atomic mass is 32.2. The van der Waals surface area contributed by atoms with Crippen molar-refractivity contribution >= 4 is 11.8 Å². The zero-order valence-corrected chi connectivity index (χ0v) is 11.8. The smallest absolute Gasteiger partial charge is 0.0952 e. The van der Waals surface area contributed by atoms with E-state index in [0.717, 1.165) is 25.4 Å². The van der Waals surface area contributed by atoms with Gasteiger partial charge < -0.3 is 14.6 Å². The number of nitrogens with one attached hydrogen (secondary N) is 1. The molecule has 1 aromatic rings. The van der Waals surface area contributed by atoms with Crippen molar-refractivity contribution in [3.63, 3.8) is 0 Å². The van der Waals surface area contributed by atoms with Gasteiger partial charge >= 0.3 is 0 Å². The molecule has 1 heterocycles. The molecule has 0 saturated heterocycles. The fraction of sp³-hybridized carbons (Fsp3) is 0.750. The van der Waals surface area contributed by atoms with Gasteiger partial charge in [-0.05, 0) is 25.4 Å². The van der Waals surface area contributed by atoms with Crippen LogP contribution in [-0.2, 0) is 11.3 Å². The number of nitrogens with zero attached hydrogens (tertiary/aromatic N) is 2. The standard InChI is InChI=1S/C12H23N3OS/c1-11(4-7-17-3)15-9-12(14-10-15)8-13-5-6-16-2/h9-11,13H,4-8H2,1-3H3. The van der Waals surface area contributed by atoms with Gasteiger partial charge in [0, 0.05) is 32.4 Å². The van der Waals surface area contributed by atoms with E-state index in [1.165, 1.54) is 12.2 Å². The summed E-state index contributed by atoms with van der Waals surface area (Å²) in [5.41, 5.74) is 1.09. The van der Waals surface area contributed by atoms with Crippen LogP contribution in [0.4, 0.5) is 0 Å². The van der Waals surface area contributed by atoms with Crippen molar-refractivity contribution in [2.24, 2.45) is 0 Å². The number of rotatable bonds is 9. The largest absolute Gasteiger partial charge is 0.383 e. The van der Waals surface area contributed by atoms with E-state index in [1.54, 1.807) is 7.11 Å². The van der Waals surface area contributed by atoms with Gasteiger partial charge in [0.05, 0.1) is 18.6 Å². The Hall–Kier alpha value is -0.520. The van der Waals surface area contributed by atoms with Crippen LogP contribution in [-0.4, -0.2) is 41.8 Å². The zero-order chi connectivity index (χ0) is 12.5. The van der Waals surface area contributed by atoms with Gasteiger partial charge in [-0.1, -0.05) is 0 Å². The van der Waals surface area contributed by atoms with Crippen molar-refractivity contribution in [1.29, 1.82) is 0 Å². The Bertz CT molecular complexity index is 304. The van der Waals surface area contributed by atoms with Crippen LogP contribution in [0.1, 0.15) is 25.1 Å². The summed E-state index contributed by atoms with van der Waals surface area (Å²) in [5.74, 6) is 1.20. The third-order valence-corrected chi connectivity index (χ3v) is 3.34. The number of hydrogen-bond acceptors (Lipinski definition) is 4. The lowest BCUT2D eigenvalue weighted by molar-refractivity contribution is 0.199. The highest BCUT2D eigenvalue weighted by Gasteiger charge is 2.05. The van der Waals surface area contributed by atoms with Crippen molar-refractivity contribution in [1.82, 2.24) is 14.9 Å². The lowest BCUT2D eigenvalue weighted by atomic mass is 10.2. The summed E-state index contributed by atoms with van der Waals surface area (Å²) in [5, 5.41) is 3.29. The number of ether oxygens (including phenoxy) is 1. The van der Waals surface area contributed by atoms with E-state index in [4.69, 9.17) is 4.74 Å². The number of thioether (sulfide) groups is 1. The molecule has 0 aromatic carbocycles. The monoisotopic (exact) mass is 257 g/mol. The van der Waals surface area contributed by atoms with E-state index in [-0.39, 0.29) is 0 Å². The van der Waals surface area contributed by atoms with Gasteiger partial charge in [0.2, 0.25) is 0 Å². The first-order valence-electron chi connectivity index (χ1n) is 5.99. The van der Waals surface area contributed by atoms with Crippen molar-refractivity contribution < 1.29 is 4.74 Å². The van der Waals surface area contributed by atoms with E-state index in [2.05, 4.69) is 34.2 Å². The maximum atomic E-state index is 4.98. The predicted molar refractivity (Wildman–Crippen MR) is 73.5 cm³/mol. The van der Waals surface area contributed by atoms with Crippen LogP contribution >= 0.6 is 11.8 Å². The number of imidazole rings is 1. The van der Waals surface area contributed by atoms with Gasteiger partial charge in [0.15, 0.2) is 0 Å². The van der Waals surface area contributed by atoms with Crippen LogP contribution in [0.3, 0.4) is 0 Å². The molecule has 5 heteroatoms. The van der Waals surface area contributed by atoms with Gasteiger partial charge in [-0.15, -0.1) is 0 Å². The summed E-state index contributed by atoms with van der Waals surface area (Å²) in [6.07, 6.45) is 7.39. The third-order valence-electron chi connectivity index (χ3n) is 2.69. The molecule has 1 unspecified atom stereocenters. The second kappa shape index (κ2) is 8.55. The molecule has 1 atom stereocenters. The number of hydrogen-bond donors (Lipinski definition) is 1. The van der Waals surface area contributed by atoms with Gasteiger partial charge in [0.1, 0.15) is 0 Å². The summed E-state index contributed by atoms with van der Waals surface area (Å²) < 4.78 is 7.18. The summed E-state index contributed by atoms with van der Waals surface area (Å²) >= 11 is 1.89. The Kier molecular flexibility index (Phi) is 7.32. The van der Waals surface area contributed by atoms with Gasteiger partial charge in [-0.25, -0.2) is 4.98 Å². The second-order valence-electron chi connectivity index (χ2n) is 4.11. The van der Waals surface area contributed by atoms with Crippen molar-refractivity contribution in [2.45, 2.75) is 25.9 Å². The van der Waals surface area contributed by atoms with Crippen molar-refractivity contribution in [2.75, 3.05) is 32.3 Å². The first-order chi connectivity index (χ1) is 8.27. The minimum atomic E-state index is 0.530. The first kappa shape index (κ1) is 14.5. The van der Waals surface area contributed by atoms with E-state index in [1.807, 2.05) is 18.1 Å². The molecule has 0 aliphatic rings. The van der Waals surface area contributed by atoms with Crippen LogP contribution in [0.5, 0.6) is 0 Å². The van der Waals surface area contributed by atoms with Crippen LogP contribution in [0, 0.1) is 0 Å². The third kappa shape index (κ3) is 5.57. The van der Waals surface area contributed by atoms with E-state index in [0.29, 0.717) is 6.04 Å². The predicted octanol–water partition coefficient (Wildman–Crippen LogP) is 1.93. The fourth-order valence-corrected chi connectivity index (χ4v) is 2.12.